The zero-order valence-corrected chi connectivity index (χ0v) is 7.90. The van der Waals surface area contributed by atoms with Crippen LogP contribution in [0.1, 0.15) is 0 Å². The Balaban J connectivity index is 2.60. The minimum atomic E-state index is -0.0780. The van der Waals surface area contributed by atoms with E-state index in [1.807, 2.05) is 30.5 Å². The Bertz CT molecular complexity index is 700. The highest BCUT2D eigenvalue weighted by molar-refractivity contribution is 6.05. The summed E-state index contributed by atoms with van der Waals surface area (Å²) in [6, 6.07) is 9.22. The van der Waals surface area contributed by atoms with Gasteiger partial charge in [-0.15, -0.1) is 0 Å². The Morgan fingerprint density at radius 2 is 1.93 bits per heavy atom. The molecule has 0 aliphatic rings. The molecule has 3 rings (SSSR count). The molecule has 0 aliphatic carbocycles. The lowest BCUT2D eigenvalue weighted by Gasteiger charge is -2.01. The van der Waals surface area contributed by atoms with Crippen molar-refractivity contribution in [3.05, 3.63) is 53.1 Å². The van der Waals surface area contributed by atoms with Gasteiger partial charge in [-0.3, -0.25) is 9.78 Å². The number of nitrogens with one attached hydrogen (secondary N) is 1. The Hall–Kier alpha value is -2.16. The summed E-state index contributed by atoms with van der Waals surface area (Å²) in [5, 5.41) is 3.22. The molecule has 0 saturated carbocycles. The minimum Gasteiger partial charge on any atom is -0.322 e. The second-order valence-corrected chi connectivity index (χ2v) is 3.45. The van der Waals surface area contributed by atoms with Crippen molar-refractivity contribution < 1.29 is 0 Å². The smallest absolute Gasteiger partial charge is 0.248 e. The maximum Gasteiger partial charge on any atom is 0.248 e. The third kappa shape index (κ3) is 1.21. The van der Waals surface area contributed by atoms with Crippen LogP contribution in [0, 0.1) is 0 Å². The van der Waals surface area contributed by atoms with Crippen LogP contribution in [0.25, 0.3) is 21.7 Å². The molecule has 0 spiro atoms. The Morgan fingerprint density at radius 1 is 1.00 bits per heavy atom. The van der Waals surface area contributed by atoms with Gasteiger partial charge >= 0.3 is 0 Å². The van der Waals surface area contributed by atoms with Gasteiger partial charge in [-0.05, 0) is 23.6 Å². The SMILES string of the molecule is O=c1ccc2c(ccc3ccncc32)[nH]1. The van der Waals surface area contributed by atoms with Gasteiger partial charge in [-0.25, -0.2) is 0 Å². The summed E-state index contributed by atoms with van der Waals surface area (Å²) in [4.78, 5) is 18.0. The van der Waals surface area contributed by atoms with Crippen LogP contribution < -0.4 is 5.56 Å². The molecule has 3 nitrogen and oxygen atoms in total. The molecule has 0 bridgehead atoms. The van der Waals surface area contributed by atoms with Crippen molar-refractivity contribution in [2.75, 3.05) is 0 Å². The van der Waals surface area contributed by atoms with Crippen molar-refractivity contribution in [1.82, 2.24) is 9.97 Å². The van der Waals surface area contributed by atoms with Gasteiger partial charge in [0.1, 0.15) is 0 Å². The van der Waals surface area contributed by atoms with E-state index in [9.17, 15) is 4.79 Å². The van der Waals surface area contributed by atoms with E-state index < -0.39 is 0 Å². The van der Waals surface area contributed by atoms with E-state index in [2.05, 4.69) is 9.97 Å². The largest absolute Gasteiger partial charge is 0.322 e. The first-order valence-electron chi connectivity index (χ1n) is 4.70. The normalized spacial score (nSPS) is 10.9. The van der Waals surface area contributed by atoms with Crippen LogP contribution in [0.5, 0.6) is 0 Å². The lowest BCUT2D eigenvalue weighted by molar-refractivity contribution is 1.31. The van der Waals surface area contributed by atoms with Gasteiger partial charge in [0.05, 0.1) is 0 Å². The zero-order valence-electron chi connectivity index (χ0n) is 7.90. The third-order valence-corrected chi connectivity index (χ3v) is 2.52. The fourth-order valence-electron chi connectivity index (χ4n) is 1.81. The van der Waals surface area contributed by atoms with Crippen LogP contribution in [-0.2, 0) is 0 Å². The van der Waals surface area contributed by atoms with Gasteiger partial charge < -0.3 is 4.98 Å². The van der Waals surface area contributed by atoms with Crippen LogP contribution in [0.15, 0.2) is 47.5 Å². The molecular formula is C12H8N2O. The number of fused-ring (bicyclic) bond motifs is 3. The van der Waals surface area contributed by atoms with Gasteiger partial charge in [-0.1, -0.05) is 6.07 Å². The van der Waals surface area contributed by atoms with Crippen molar-refractivity contribution in [1.29, 1.82) is 0 Å². The van der Waals surface area contributed by atoms with Gasteiger partial charge in [-0.2, -0.15) is 0 Å². The first kappa shape index (κ1) is 8.17. The summed E-state index contributed by atoms with van der Waals surface area (Å²) in [7, 11) is 0. The molecule has 0 amide bonds. The third-order valence-electron chi connectivity index (χ3n) is 2.52. The van der Waals surface area contributed by atoms with E-state index in [-0.39, 0.29) is 5.56 Å². The van der Waals surface area contributed by atoms with Crippen molar-refractivity contribution in [2.24, 2.45) is 0 Å². The molecule has 15 heavy (non-hydrogen) atoms. The van der Waals surface area contributed by atoms with Crippen molar-refractivity contribution in [3.8, 4) is 0 Å². The summed E-state index contributed by atoms with van der Waals surface area (Å²) in [6.07, 6.45) is 3.58. The number of benzene rings is 1. The summed E-state index contributed by atoms with van der Waals surface area (Å²) >= 11 is 0. The van der Waals surface area contributed by atoms with Gasteiger partial charge in [0.2, 0.25) is 5.56 Å². The van der Waals surface area contributed by atoms with Crippen LogP contribution in [0.2, 0.25) is 0 Å². The number of aromatic nitrogens is 2. The quantitative estimate of drug-likeness (QED) is 0.559. The fraction of sp³-hybridized carbons (Fsp3) is 0. The number of hydrogen-bond donors (Lipinski definition) is 1. The van der Waals surface area contributed by atoms with Gasteiger partial charge in [0, 0.05) is 34.7 Å². The van der Waals surface area contributed by atoms with Crippen LogP contribution in [0.3, 0.4) is 0 Å². The lowest BCUT2D eigenvalue weighted by Crippen LogP contribution is -2.02. The average molecular weight is 196 g/mol. The molecule has 1 aromatic carbocycles. The molecule has 0 unspecified atom stereocenters. The first-order valence-corrected chi connectivity index (χ1v) is 4.70. The summed E-state index contributed by atoms with van der Waals surface area (Å²) < 4.78 is 0. The minimum absolute atomic E-state index is 0.0780. The number of H-pyrrole nitrogens is 1. The number of pyridine rings is 2. The number of nitrogens with zero attached hydrogens (tertiary/aromatic N) is 1. The summed E-state index contributed by atoms with van der Waals surface area (Å²) in [6.45, 7) is 0. The average Bonchev–Trinajstić information content (AvgIpc) is 2.28. The maximum absolute atomic E-state index is 11.1. The monoisotopic (exact) mass is 196 g/mol. The van der Waals surface area contributed by atoms with Crippen LogP contribution in [-0.4, -0.2) is 9.97 Å². The molecule has 2 heterocycles. The fourth-order valence-corrected chi connectivity index (χ4v) is 1.81. The van der Waals surface area contributed by atoms with E-state index in [1.54, 1.807) is 6.20 Å². The number of rotatable bonds is 0. The summed E-state index contributed by atoms with van der Waals surface area (Å²) in [5.41, 5.74) is 0.772. The molecule has 3 aromatic rings. The number of aromatic amines is 1. The standard InChI is InChI=1S/C12H8N2O/c15-12-4-2-9-10-7-13-6-5-8(10)1-3-11(9)14-12/h1-7H,(H,14,15). The zero-order chi connectivity index (χ0) is 10.3. The van der Waals surface area contributed by atoms with E-state index in [0.29, 0.717) is 0 Å². The van der Waals surface area contributed by atoms with Crippen LogP contribution >= 0.6 is 0 Å². The topological polar surface area (TPSA) is 45.8 Å². The van der Waals surface area contributed by atoms with Gasteiger partial charge in [0.25, 0.3) is 0 Å². The van der Waals surface area contributed by atoms with Crippen molar-refractivity contribution in [3.63, 3.8) is 0 Å². The highest BCUT2D eigenvalue weighted by Gasteiger charge is 1.99. The van der Waals surface area contributed by atoms with E-state index in [0.717, 1.165) is 21.7 Å². The molecule has 0 atom stereocenters. The van der Waals surface area contributed by atoms with Crippen molar-refractivity contribution in [2.45, 2.75) is 0 Å². The van der Waals surface area contributed by atoms with Crippen molar-refractivity contribution >= 4 is 21.7 Å². The molecule has 3 heteroatoms. The second-order valence-electron chi connectivity index (χ2n) is 3.45. The highest BCUT2D eigenvalue weighted by Crippen LogP contribution is 2.21. The molecule has 1 N–H and O–H groups in total. The van der Waals surface area contributed by atoms with E-state index >= 15 is 0 Å². The summed E-state index contributed by atoms with van der Waals surface area (Å²) in [5.74, 6) is 0. The predicted octanol–water partition coefficient (Wildman–Crippen LogP) is 2.08. The molecule has 2 aromatic heterocycles. The predicted molar refractivity (Wildman–Crippen MR) is 59.9 cm³/mol. The Labute approximate surface area is 85.4 Å². The van der Waals surface area contributed by atoms with E-state index in [1.165, 1.54) is 6.07 Å². The second kappa shape index (κ2) is 2.92. The molecule has 0 aliphatic heterocycles. The molecular weight excluding hydrogens is 188 g/mol. The molecule has 0 saturated heterocycles. The van der Waals surface area contributed by atoms with Gasteiger partial charge in [0.15, 0.2) is 0 Å². The van der Waals surface area contributed by atoms with Crippen LogP contribution in [0.4, 0.5) is 0 Å². The molecule has 0 fully saturated rings. The Morgan fingerprint density at radius 3 is 2.87 bits per heavy atom. The Kier molecular flexibility index (Phi) is 1.59. The highest BCUT2D eigenvalue weighted by atomic mass is 16.1. The molecule has 0 radical (unpaired) electrons. The maximum atomic E-state index is 11.1. The molecule has 72 valence electrons. The van der Waals surface area contributed by atoms with E-state index in [4.69, 9.17) is 0 Å². The number of hydrogen-bond acceptors (Lipinski definition) is 2. The lowest BCUT2D eigenvalue weighted by atomic mass is 10.1. The first-order chi connectivity index (χ1) is 7.34.